The third kappa shape index (κ3) is 3.45. The van der Waals surface area contributed by atoms with E-state index in [1.165, 1.54) is 19.2 Å². The quantitative estimate of drug-likeness (QED) is 0.830. The third-order valence-corrected chi connectivity index (χ3v) is 3.67. The predicted molar refractivity (Wildman–Crippen MR) is 81.8 cm³/mol. The number of methoxy groups -OCH3 is 1. The van der Waals surface area contributed by atoms with Crippen molar-refractivity contribution in [1.82, 2.24) is 0 Å². The van der Waals surface area contributed by atoms with Crippen molar-refractivity contribution in [1.29, 1.82) is 0 Å². The summed E-state index contributed by atoms with van der Waals surface area (Å²) in [5.41, 5.74) is 1.15. The number of aliphatic hydroxyl groups is 2. The van der Waals surface area contributed by atoms with Gasteiger partial charge in [0.1, 0.15) is 18.1 Å². The molecule has 3 rings (SSSR count). The number of benzene rings is 2. The normalized spacial score (nSPS) is 14.4. The lowest BCUT2D eigenvalue weighted by atomic mass is 10.1. The fourth-order valence-electron chi connectivity index (χ4n) is 2.55. The molecule has 1 aliphatic heterocycles. The van der Waals surface area contributed by atoms with Crippen molar-refractivity contribution in [3.05, 3.63) is 47.0 Å². The molecule has 2 aromatic rings. The Morgan fingerprint density at radius 1 is 1.04 bits per heavy atom. The first-order valence-electron chi connectivity index (χ1n) is 7.39. The summed E-state index contributed by atoms with van der Waals surface area (Å²) in [7, 11) is 1.46. The van der Waals surface area contributed by atoms with E-state index in [-0.39, 0.29) is 37.1 Å². The van der Waals surface area contributed by atoms with Gasteiger partial charge in [-0.3, -0.25) is 0 Å². The van der Waals surface area contributed by atoms with E-state index in [9.17, 15) is 19.0 Å². The van der Waals surface area contributed by atoms with Crippen molar-refractivity contribution in [2.24, 2.45) is 0 Å². The second-order valence-electron chi connectivity index (χ2n) is 5.29. The molecule has 0 spiro atoms. The van der Waals surface area contributed by atoms with Crippen LogP contribution in [0.4, 0.5) is 8.78 Å². The van der Waals surface area contributed by atoms with E-state index in [2.05, 4.69) is 9.47 Å². The second-order valence-corrected chi connectivity index (χ2v) is 5.29. The summed E-state index contributed by atoms with van der Waals surface area (Å²) in [5, 5.41) is 19.0. The molecule has 6 nitrogen and oxygen atoms in total. The maximum Gasteiger partial charge on any atom is 0.586 e. The molecular formula is C17H16F2O6. The van der Waals surface area contributed by atoms with Gasteiger partial charge in [0, 0.05) is 16.7 Å². The number of rotatable bonds is 6. The van der Waals surface area contributed by atoms with Gasteiger partial charge in [-0.05, 0) is 18.2 Å². The van der Waals surface area contributed by atoms with Gasteiger partial charge in [0.2, 0.25) is 0 Å². The van der Waals surface area contributed by atoms with Crippen LogP contribution in [0.2, 0.25) is 0 Å². The Balaban J connectivity index is 1.87. The number of hydrogen-bond acceptors (Lipinski definition) is 6. The standard InChI is InChI=1S/C17H16F2O6/c1-22-13-5-11(7-20)15(12(6-13)8-21)23-9-10-3-2-4-14-16(10)25-17(18,19)24-14/h2-6,20-21H,7-9H2,1H3. The van der Waals surface area contributed by atoms with Crippen molar-refractivity contribution in [3.63, 3.8) is 0 Å². The van der Waals surface area contributed by atoms with Gasteiger partial charge < -0.3 is 29.2 Å². The molecule has 0 saturated heterocycles. The maximum atomic E-state index is 13.2. The molecule has 0 bridgehead atoms. The average Bonchev–Trinajstić information content (AvgIpc) is 2.93. The van der Waals surface area contributed by atoms with Gasteiger partial charge >= 0.3 is 6.29 Å². The van der Waals surface area contributed by atoms with E-state index in [1.807, 2.05) is 0 Å². The molecule has 8 heteroatoms. The maximum absolute atomic E-state index is 13.2. The molecule has 2 aromatic carbocycles. The van der Waals surface area contributed by atoms with E-state index in [1.54, 1.807) is 18.2 Å². The van der Waals surface area contributed by atoms with Crippen molar-refractivity contribution >= 4 is 0 Å². The zero-order chi connectivity index (χ0) is 18.0. The second kappa shape index (κ2) is 6.73. The summed E-state index contributed by atoms with van der Waals surface area (Å²) in [6.07, 6.45) is -3.72. The Morgan fingerprint density at radius 3 is 2.32 bits per heavy atom. The molecule has 25 heavy (non-hydrogen) atoms. The molecule has 0 fully saturated rings. The van der Waals surface area contributed by atoms with Crippen molar-refractivity contribution in [2.75, 3.05) is 7.11 Å². The van der Waals surface area contributed by atoms with Gasteiger partial charge in [0.25, 0.3) is 0 Å². The van der Waals surface area contributed by atoms with E-state index in [0.29, 0.717) is 22.4 Å². The SMILES string of the molecule is COc1cc(CO)c(OCc2cccc3c2OC(F)(F)O3)c(CO)c1. The number of para-hydroxylation sites is 1. The van der Waals surface area contributed by atoms with Crippen LogP contribution < -0.4 is 18.9 Å². The van der Waals surface area contributed by atoms with Gasteiger partial charge in [-0.2, -0.15) is 0 Å². The largest absolute Gasteiger partial charge is 0.586 e. The average molecular weight is 354 g/mol. The lowest BCUT2D eigenvalue weighted by molar-refractivity contribution is -0.287. The number of fused-ring (bicyclic) bond motifs is 1. The molecule has 0 amide bonds. The minimum absolute atomic E-state index is 0.0782. The summed E-state index contributed by atoms with van der Waals surface area (Å²) >= 11 is 0. The van der Waals surface area contributed by atoms with Crippen LogP contribution in [0, 0.1) is 0 Å². The first-order valence-corrected chi connectivity index (χ1v) is 7.39. The minimum atomic E-state index is -3.72. The summed E-state index contributed by atoms with van der Waals surface area (Å²) in [4.78, 5) is 0. The van der Waals surface area contributed by atoms with Crippen LogP contribution in [0.25, 0.3) is 0 Å². The van der Waals surface area contributed by atoms with Crippen molar-refractivity contribution in [3.8, 4) is 23.0 Å². The van der Waals surface area contributed by atoms with Crippen LogP contribution in [0.5, 0.6) is 23.0 Å². The van der Waals surface area contributed by atoms with Crippen molar-refractivity contribution < 1.29 is 37.9 Å². The molecular weight excluding hydrogens is 338 g/mol. The molecule has 134 valence electrons. The van der Waals surface area contributed by atoms with Crippen molar-refractivity contribution in [2.45, 2.75) is 26.1 Å². The summed E-state index contributed by atoms with van der Waals surface area (Å²) in [6.45, 7) is -0.802. The molecule has 0 aromatic heterocycles. The first kappa shape index (κ1) is 17.2. The van der Waals surface area contributed by atoms with Gasteiger partial charge in [0.15, 0.2) is 11.5 Å². The Labute approximate surface area is 142 Å². The number of aliphatic hydroxyl groups excluding tert-OH is 2. The minimum Gasteiger partial charge on any atom is -0.497 e. The Morgan fingerprint density at radius 2 is 1.72 bits per heavy atom. The van der Waals surface area contributed by atoms with Crippen LogP contribution in [-0.4, -0.2) is 23.6 Å². The van der Waals surface area contributed by atoms with Gasteiger partial charge in [-0.25, -0.2) is 0 Å². The number of hydrogen-bond donors (Lipinski definition) is 2. The zero-order valence-corrected chi connectivity index (χ0v) is 13.3. The van der Waals surface area contributed by atoms with E-state index in [0.717, 1.165) is 0 Å². The number of alkyl halides is 2. The smallest absolute Gasteiger partial charge is 0.497 e. The number of ether oxygens (including phenoxy) is 4. The topological polar surface area (TPSA) is 77.4 Å². The summed E-state index contributed by atoms with van der Waals surface area (Å²) in [5.74, 6) is 0.536. The van der Waals surface area contributed by atoms with E-state index >= 15 is 0 Å². The lowest BCUT2D eigenvalue weighted by Crippen LogP contribution is -2.26. The van der Waals surface area contributed by atoms with Crippen LogP contribution >= 0.6 is 0 Å². The molecule has 0 atom stereocenters. The molecule has 1 aliphatic rings. The van der Waals surface area contributed by atoms with E-state index in [4.69, 9.17) is 9.47 Å². The Hall–Kier alpha value is -2.58. The zero-order valence-electron chi connectivity index (χ0n) is 13.3. The highest BCUT2D eigenvalue weighted by atomic mass is 19.3. The highest BCUT2D eigenvalue weighted by Gasteiger charge is 2.44. The fourth-order valence-corrected chi connectivity index (χ4v) is 2.55. The first-order chi connectivity index (χ1) is 12.0. The lowest BCUT2D eigenvalue weighted by Gasteiger charge is -2.16. The highest BCUT2D eigenvalue weighted by Crippen LogP contribution is 2.43. The molecule has 2 N–H and O–H groups in total. The van der Waals surface area contributed by atoms with Gasteiger partial charge in [-0.15, -0.1) is 8.78 Å². The van der Waals surface area contributed by atoms with Crippen LogP contribution in [0.3, 0.4) is 0 Å². The Kier molecular flexibility index (Phi) is 4.65. The third-order valence-electron chi connectivity index (χ3n) is 3.67. The monoisotopic (exact) mass is 354 g/mol. The number of halogens is 2. The van der Waals surface area contributed by atoms with E-state index < -0.39 is 6.29 Å². The summed E-state index contributed by atoms with van der Waals surface area (Å²) in [6, 6.07) is 7.60. The highest BCUT2D eigenvalue weighted by molar-refractivity contribution is 5.50. The molecule has 0 unspecified atom stereocenters. The molecule has 1 heterocycles. The van der Waals surface area contributed by atoms with Crippen LogP contribution in [0.1, 0.15) is 16.7 Å². The fraction of sp³-hybridized carbons (Fsp3) is 0.294. The van der Waals surface area contributed by atoms with Crippen LogP contribution in [-0.2, 0) is 19.8 Å². The predicted octanol–water partition coefficient (Wildman–Crippen LogP) is 2.58. The van der Waals surface area contributed by atoms with Gasteiger partial charge in [-0.1, -0.05) is 12.1 Å². The van der Waals surface area contributed by atoms with Gasteiger partial charge in [0.05, 0.1) is 20.3 Å². The molecule has 0 aliphatic carbocycles. The molecule has 0 saturated carbocycles. The summed E-state index contributed by atoms with van der Waals surface area (Å²) < 4.78 is 46.2. The van der Waals surface area contributed by atoms with Crippen LogP contribution in [0.15, 0.2) is 30.3 Å². The molecule has 0 radical (unpaired) electrons. The Bertz CT molecular complexity index is 753.